The average molecular weight is 478 g/mol. The Morgan fingerprint density at radius 1 is 0.938 bits per heavy atom. The number of aliphatic hydroxyl groups is 2. The minimum absolute atomic E-state index is 0.00330. The number of rotatable bonds is 10. The predicted molar refractivity (Wildman–Crippen MR) is 109 cm³/mol. The van der Waals surface area contributed by atoms with Gasteiger partial charge in [-0.1, -0.05) is 18.2 Å². The molecule has 12 heteroatoms. The standard InChI is InChI=1S/C20H22F3O8P/c1-28-17-6-5-13(8-19(17)31-32(26,27)30-12-20(21,22)23)3-4-14-7-15(10-24)16(11-25)18(9-14)29-2/h3-9,24-25H,10-12H2,1-2H3,(H,26,27). The number of benzene rings is 2. The zero-order valence-corrected chi connectivity index (χ0v) is 18.0. The third-order valence-electron chi connectivity index (χ3n) is 4.13. The van der Waals surface area contributed by atoms with Crippen molar-refractivity contribution in [2.45, 2.75) is 19.4 Å². The van der Waals surface area contributed by atoms with Crippen LogP contribution < -0.4 is 14.0 Å². The van der Waals surface area contributed by atoms with Gasteiger partial charge in [0, 0.05) is 5.56 Å². The van der Waals surface area contributed by atoms with E-state index in [1.807, 2.05) is 0 Å². The monoisotopic (exact) mass is 478 g/mol. The Labute approximate surface area is 182 Å². The lowest BCUT2D eigenvalue weighted by molar-refractivity contribution is -0.156. The van der Waals surface area contributed by atoms with E-state index in [2.05, 4.69) is 4.52 Å². The molecule has 0 fully saturated rings. The molecule has 0 aliphatic carbocycles. The lowest BCUT2D eigenvalue weighted by Crippen LogP contribution is -2.17. The summed E-state index contributed by atoms with van der Waals surface area (Å²) in [6.45, 7) is -2.60. The predicted octanol–water partition coefficient (Wildman–Crippen LogP) is 3.92. The lowest BCUT2D eigenvalue weighted by Gasteiger charge is -2.16. The Morgan fingerprint density at radius 3 is 2.12 bits per heavy atom. The largest absolute Gasteiger partial charge is 0.527 e. The molecule has 2 rings (SSSR count). The van der Waals surface area contributed by atoms with Gasteiger partial charge in [0.25, 0.3) is 0 Å². The van der Waals surface area contributed by atoms with Gasteiger partial charge in [-0.3, -0.25) is 9.42 Å². The minimum Gasteiger partial charge on any atom is -0.496 e. The van der Waals surface area contributed by atoms with Crippen LogP contribution >= 0.6 is 7.82 Å². The summed E-state index contributed by atoms with van der Waals surface area (Å²) in [5.74, 6) is 0.0796. The van der Waals surface area contributed by atoms with Gasteiger partial charge in [-0.25, -0.2) is 4.57 Å². The smallest absolute Gasteiger partial charge is 0.496 e. The molecule has 0 heterocycles. The molecule has 0 radical (unpaired) electrons. The fraction of sp³-hybridized carbons (Fsp3) is 0.300. The molecule has 2 aromatic carbocycles. The van der Waals surface area contributed by atoms with Gasteiger partial charge in [0.2, 0.25) is 0 Å². The van der Waals surface area contributed by atoms with E-state index in [1.54, 1.807) is 30.4 Å². The van der Waals surface area contributed by atoms with Crippen LogP contribution in [0, 0.1) is 0 Å². The first-order chi connectivity index (χ1) is 15.0. The van der Waals surface area contributed by atoms with Crippen molar-refractivity contribution in [2.75, 3.05) is 20.8 Å². The Balaban J connectivity index is 2.31. The van der Waals surface area contributed by atoms with E-state index in [0.717, 1.165) is 0 Å². The molecule has 8 nitrogen and oxygen atoms in total. The number of methoxy groups -OCH3 is 2. The van der Waals surface area contributed by atoms with Crippen molar-refractivity contribution in [1.29, 1.82) is 0 Å². The van der Waals surface area contributed by atoms with Crippen LogP contribution in [0.25, 0.3) is 12.2 Å². The Morgan fingerprint density at radius 2 is 1.56 bits per heavy atom. The van der Waals surface area contributed by atoms with Crippen molar-refractivity contribution in [2.24, 2.45) is 0 Å². The van der Waals surface area contributed by atoms with E-state index in [0.29, 0.717) is 28.0 Å². The van der Waals surface area contributed by atoms with Crippen LogP contribution in [0.5, 0.6) is 17.2 Å². The number of halogens is 3. The summed E-state index contributed by atoms with van der Waals surface area (Å²) in [7, 11) is -2.40. The van der Waals surface area contributed by atoms with Crippen LogP contribution in [0.4, 0.5) is 13.2 Å². The molecule has 0 saturated heterocycles. The second-order valence-corrected chi connectivity index (χ2v) is 7.75. The van der Waals surface area contributed by atoms with E-state index in [9.17, 15) is 32.8 Å². The Hall–Kier alpha value is -2.56. The first kappa shape index (κ1) is 25.7. The lowest BCUT2D eigenvalue weighted by atomic mass is 10.0. The van der Waals surface area contributed by atoms with Crippen LogP contribution in [-0.4, -0.2) is 42.1 Å². The van der Waals surface area contributed by atoms with Crippen molar-refractivity contribution in [3.05, 3.63) is 52.6 Å². The van der Waals surface area contributed by atoms with Crippen LogP contribution in [0.15, 0.2) is 30.3 Å². The molecule has 176 valence electrons. The van der Waals surface area contributed by atoms with Crippen molar-refractivity contribution in [3.63, 3.8) is 0 Å². The van der Waals surface area contributed by atoms with Gasteiger partial charge in [0.1, 0.15) is 5.75 Å². The summed E-state index contributed by atoms with van der Waals surface area (Å²) in [6.07, 6.45) is -1.59. The Bertz CT molecular complexity index is 982. The van der Waals surface area contributed by atoms with Gasteiger partial charge >= 0.3 is 14.0 Å². The molecule has 0 saturated carbocycles. The van der Waals surface area contributed by atoms with Gasteiger partial charge in [-0.05, 0) is 41.0 Å². The zero-order valence-electron chi connectivity index (χ0n) is 17.1. The maximum absolute atomic E-state index is 12.3. The molecule has 32 heavy (non-hydrogen) atoms. The summed E-state index contributed by atoms with van der Waals surface area (Å²) in [4.78, 5) is 9.59. The normalized spacial score (nSPS) is 13.8. The van der Waals surface area contributed by atoms with Crippen molar-refractivity contribution in [1.82, 2.24) is 0 Å². The SMILES string of the molecule is COc1ccc(C=Cc2cc(CO)c(CO)c(OC)c2)cc1OP(=O)(O)OCC(F)(F)F. The summed E-state index contributed by atoms with van der Waals surface area (Å²) in [5, 5.41) is 19.0. The molecular formula is C20H22F3O8P. The highest BCUT2D eigenvalue weighted by Gasteiger charge is 2.35. The number of hydrogen-bond acceptors (Lipinski definition) is 7. The molecule has 0 aliphatic rings. The fourth-order valence-electron chi connectivity index (χ4n) is 2.69. The number of alkyl halides is 3. The number of hydrogen-bond donors (Lipinski definition) is 3. The molecule has 3 N–H and O–H groups in total. The highest BCUT2D eigenvalue weighted by atomic mass is 31.2. The maximum atomic E-state index is 12.3. The average Bonchev–Trinajstić information content (AvgIpc) is 2.75. The van der Waals surface area contributed by atoms with E-state index in [1.165, 1.54) is 26.4 Å². The van der Waals surface area contributed by atoms with Crippen LogP contribution in [0.3, 0.4) is 0 Å². The molecule has 0 aliphatic heterocycles. The second-order valence-electron chi connectivity index (χ2n) is 6.37. The summed E-state index contributed by atoms with van der Waals surface area (Å²) < 4.78 is 67.6. The Kier molecular flexibility index (Phi) is 8.71. The van der Waals surface area contributed by atoms with Crippen molar-refractivity contribution >= 4 is 20.0 Å². The molecule has 1 unspecified atom stereocenters. The van der Waals surface area contributed by atoms with Gasteiger partial charge in [0.05, 0.1) is 27.4 Å². The van der Waals surface area contributed by atoms with Gasteiger partial charge < -0.3 is 24.2 Å². The third-order valence-corrected chi connectivity index (χ3v) is 5.02. The molecule has 0 amide bonds. The number of aliphatic hydroxyl groups excluding tert-OH is 2. The molecular weight excluding hydrogens is 456 g/mol. The van der Waals surface area contributed by atoms with Crippen molar-refractivity contribution in [3.8, 4) is 17.2 Å². The number of phosphoric acid groups is 1. The zero-order chi connectivity index (χ0) is 23.9. The van der Waals surface area contributed by atoms with E-state index in [4.69, 9.17) is 14.0 Å². The van der Waals surface area contributed by atoms with Crippen molar-refractivity contribution < 1.29 is 51.4 Å². The highest BCUT2D eigenvalue weighted by Crippen LogP contribution is 2.47. The first-order valence-electron chi connectivity index (χ1n) is 9.03. The molecule has 0 spiro atoms. The van der Waals surface area contributed by atoms with Gasteiger partial charge in [-0.15, -0.1) is 0 Å². The second kappa shape index (κ2) is 10.8. The highest BCUT2D eigenvalue weighted by molar-refractivity contribution is 7.47. The van der Waals surface area contributed by atoms with Gasteiger partial charge in [-0.2, -0.15) is 13.2 Å². The number of ether oxygens (including phenoxy) is 2. The number of phosphoric ester groups is 1. The summed E-state index contributed by atoms with van der Waals surface area (Å²) in [6, 6.07) is 7.52. The minimum atomic E-state index is -5.07. The van der Waals surface area contributed by atoms with E-state index in [-0.39, 0.29) is 24.7 Å². The molecule has 1 atom stereocenters. The fourth-order valence-corrected chi connectivity index (χ4v) is 3.45. The van der Waals surface area contributed by atoms with Gasteiger partial charge in [0.15, 0.2) is 18.1 Å². The summed E-state index contributed by atoms with van der Waals surface area (Å²) >= 11 is 0. The topological polar surface area (TPSA) is 115 Å². The third kappa shape index (κ3) is 7.25. The van der Waals surface area contributed by atoms with Crippen LogP contribution in [0.1, 0.15) is 22.3 Å². The molecule has 0 aromatic heterocycles. The maximum Gasteiger partial charge on any atom is 0.527 e. The van der Waals surface area contributed by atoms with Crippen LogP contribution in [0.2, 0.25) is 0 Å². The quantitative estimate of drug-likeness (QED) is 0.348. The summed E-state index contributed by atoms with van der Waals surface area (Å²) in [5.41, 5.74) is 1.98. The molecule has 2 aromatic rings. The van der Waals surface area contributed by atoms with E-state index >= 15 is 0 Å². The van der Waals surface area contributed by atoms with E-state index < -0.39 is 20.6 Å². The molecule has 0 bridgehead atoms. The first-order valence-corrected chi connectivity index (χ1v) is 10.5. The van der Waals surface area contributed by atoms with Crippen LogP contribution in [-0.2, 0) is 22.3 Å².